The van der Waals surface area contributed by atoms with Gasteiger partial charge in [0.1, 0.15) is 0 Å². The molecule has 0 bridgehead atoms. The highest BCUT2D eigenvalue weighted by molar-refractivity contribution is 7.90. The molecule has 0 radical (unpaired) electrons. The Labute approximate surface area is 319 Å². The summed E-state index contributed by atoms with van der Waals surface area (Å²) in [5, 5.41) is -0.739. The largest absolute Gasteiger partial charge is 0.460 e. The molecule has 0 aromatic carbocycles. The van der Waals surface area contributed by atoms with Crippen LogP contribution in [0.5, 0.6) is 0 Å². The van der Waals surface area contributed by atoms with Crippen molar-refractivity contribution in [3.63, 3.8) is 0 Å². The van der Waals surface area contributed by atoms with Gasteiger partial charge in [0.05, 0.1) is 0 Å². The molecule has 1 N–H and O–H groups in total. The van der Waals surface area contributed by atoms with Crippen molar-refractivity contribution >= 4 is 10.0 Å². The fraction of sp³-hybridized carbons (Fsp3) is 1.00. The van der Waals surface area contributed by atoms with Crippen LogP contribution in [0.1, 0.15) is 0 Å². The highest BCUT2D eigenvalue weighted by Crippen LogP contribution is 2.69. The van der Waals surface area contributed by atoms with Crippen LogP contribution in [0.2, 0.25) is 0 Å². The number of hydrogen-bond donors (Lipinski definition) is 1. The molecule has 0 rings (SSSR count). The molecule has 0 spiro atoms. The van der Waals surface area contributed by atoms with Crippen molar-refractivity contribution < 1.29 is 185 Å². The molecule has 0 amide bonds. The molecule has 0 aliphatic carbocycles. The van der Waals surface area contributed by atoms with Gasteiger partial charge in [-0.05, 0) is 0 Å². The minimum Gasteiger partial charge on any atom is -0.344 e. The van der Waals surface area contributed by atoms with Crippen LogP contribution in [0.25, 0.3) is 0 Å². The molecule has 0 fully saturated rings. The quantitative estimate of drug-likeness (QED) is 0.0845. The van der Waals surface area contributed by atoms with Crippen molar-refractivity contribution in [2.24, 2.45) is 0 Å². The highest BCUT2D eigenvalue weighted by atomic mass is 32.2. The summed E-state index contributed by atoms with van der Waals surface area (Å²) < 4.78 is 545. The van der Waals surface area contributed by atoms with Crippen LogP contribution in [-0.4, -0.2) is 137 Å². The summed E-state index contributed by atoms with van der Waals surface area (Å²) in [5.41, 5.74) is 0. The third kappa shape index (κ3) is 6.83. The molecule has 44 heteroatoms. The van der Waals surface area contributed by atoms with Gasteiger partial charge in [-0.1, -0.05) is 0 Å². The lowest BCUT2D eigenvalue weighted by atomic mass is 9.86. The van der Waals surface area contributed by atoms with E-state index in [0.29, 0.717) is 0 Å². The summed E-state index contributed by atoms with van der Waals surface area (Å²) in [7, 11) is -12.4. The second-order valence-electron chi connectivity index (χ2n) is 11.7. The predicted octanol–water partition coefficient (Wildman–Crippen LogP) is 11.1. The summed E-state index contributed by atoms with van der Waals surface area (Å²) in [6, 6.07) is 0. The number of nitrogens with zero attached hydrogens (tertiary/aromatic N) is 1. The van der Waals surface area contributed by atoms with Crippen LogP contribution in [0, 0.1) is 0 Å². The standard InChI is InChI=1S/C20H4F39NO3S/c1-60(64(62,63)19(57,58)15(47,48)11(39,40)7(31,32)6(29,30)10(37,38)14(45,46)18(54,55)56)20(59,61)16(49,50)12(41,42)8(33,34)4(25,26)2(21,22)3(23,24)5(27,28)9(35,36)13(43,44)17(51,52)53/h61H,1H3. The first-order chi connectivity index (χ1) is 26.7. The van der Waals surface area contributed by atoms with Crippen LogP contribution in [-0.2, 0) is 10.0 Å². The molecule has 1 unspecified atom stereocenters. The number of halogens is 39. The normalized spacial score (nSPS) is 18.2. The van der Waals surface area contributed by atoms with E-state index in [9.17, 15) is 180 Å². The molecule has 4 nitrogen and oxygen atoms in total. The minimum atomic E-state index is -10.2. The fourth-order valence-corrected chi connectivity index (χ4v) is 4.83. The van der Waals surface area contributed by atoms with Crippen molar-refractivity contribution in [2.45, 2.75) is 112 Å². The molecule has 0 aromatic rings. The third-order valence-corrected chi connectivity index (χ3v) is 9.57. The molecular formula is C20H4F39NO3S. The first-order valence-electron chi connectivity index (χ1n) is 13.2. The second kappa shape index (κ2) is 14.6. The maximum absolute atomic E-state index is 14.6. The Morgan fingerprint density at radius 2 is 0.406 bits per heavy atom. The zero-order valence-electron chi connectivity index (χ0n) is 27.4. The molecular weight excluding hydrogens is 1080 g/mol. The smallest absolute Gasteiger partial charge is 0.344 e. The van der Waals surface area contributed by atoms with Crippen molar-refractivity contribution in [3.8, 4) is 0 Å². The molecule has 0 aliphatic heterocycles. The van der Waals surface area contributed by atoms with E-state index >= 15 is 0 Å². The Hall–Kier alpha value is -2.86. The molecule has 0 aliphatic rings. The Kier molecular flexibility index (Phi) is 13.9. The molecule has 64 heavy (non-hydrogen) atoms. The van der Waals surface area contributed by atoms with Gasteiger partial charge in [0, 0.05) is 7.05 Å². The van der Waals surface area contributed by atoms with E-state index in [0.717, 1.165) is 0 Å². The third-order valence-electron chi connectivity index (χ3n) is 7.71. The van der Waals surface area contributed by atoms with Gasteiger partial charge in [0.15, 0.2) is 0 Å². The monoisotopic (exact) mass is 1080 g/mol. The SMILES string of the molecule is CN(C(O)(F)C(F)(F)C(F)(F)C(F)(F)C(F)(F)C(F)(F)C(F)(F)C(F)(F)C(F)(F)C(F)(F)C(F)(F)F)S(=O)(=O)C(F)(F)C(F)(F)C(F)(F)C(F)(F)C(F)(F)C(F)(F)C(F)(F)C(F)(F)F. The van der Waals surface area contributed by atoms with Gasteiger partial charge >= 0.3 is 112 Å². The number of hydrogen-bond acceptors (Lipinski definition) is 3. The molecule has 1 atom stereocenters. The molecule has 0 saturated carbocycles. The summed E-state index contributed by atoms with van der Waals surface area (Å²) in [4.78, 5) is 0. The summed E-state index contributed by atoms with van der Waals surface area (Å²) >= 11 is 0. The van der Waals surface area contributed by atoms with Crippen LogP contribution < -0.4 is 0 Å². The van der Waals surface area contributed by atoms with Gasteiger partial charge in [0.2, 0.25) is 0 Å². The summed E-state index contributed by atoms with van der Waals surface area (Å²) in [6.45, 7) is 0. The van der Waals surface area contributed by atoms with Crippen molar-refractivity contribution in [1.29, 1.82) is 0 Å². The average molecular weight is 1080 g/mol. The van der Waals surface area contributed by atoms with Crippen molar-refractivity contribution in [2.75, 3.05) is 7.05 Å². The molecule has 0 aromatic heterocycles. The second-order valence-corrected chi connectivity index (χ2v) is 13.7. The Morgan fingerprint density at radius 3 is 0.578 bits per heavy atom. The van der Waals surface area contributed by atoms with Gasteiger partial charge in [-0.15, -0.1) is 4.31 Å². The number of aliphatic hydroxyl groups is 1. The van der Waals surface area contributed by atoms with E-state index in [-0.39, 0.29) is 0 Å². The number of sulfonamides is 1. The van der Waals surface area contributed by atoms with E-state index in [2.05, 4.69) is 0 Å². The van der Waals surface area contributed by atoms with Crippen molar-refractivity contribution in [1.82, 2.24) is 4.31 Å². The van der Waals surface area contributed by atoms with Crippen molar-refractivity contribution in [3.05, 3.63) is 0 Å². The Morgan fingerprint density at radius 1 is 0.266 bits per heavy atom. The maximum Gasteiger partial charge on any atom is 0.460 e. The average Bonchev–Trinajstić information content (AvgIpc) is 3.05. The molecule has 0 saturated heterocycles. The molecule has 0 heterocycles. The predicted molar refractivity (Wildman–Crippen MR) is 114 cm³/mol. The van der Waals surface area contributed by atoms with Gasteiger partial charge in [-0.25, -0.2) is 8.42 Å². The fourth-order valence-electron chi connectivity index (χ4n) is 3.60. The number of rotatable bonds is 18. The minimum absolute atomic E-state index is 2.34. The van der Waals surface area contributed by atoms with Gasteiger partial charge in [0.25, 0.3) is 10.0 Å². The van der Waals surface area contributed by atoms with E-state index in [1.807, 2.05) is 0 Å². The Balaban J connectivity index is 7.88. The first-order valence-corrected chi connectivity index (χ1v) is 14.7. The van der Waals surface area contributed by atoms with Gasteiger partial charge in [-0.3, -0.25) is 0 Å². The topological polar surface area (TPSA) is 57.6 Å². The van der Waals surface area contributed by atoms with Gasteiger partial charge in [-0.2, -0.15) is 171 Å². The van der Waals surface area contributed by atoms with E-state index in [1.165, 1.54) is 0 Å². The zero-order valence-corrected chi connectivity index (χ0v) is 28.2. The highest BCUT2D eigenvalue weighted by Gasteiger charge is 3.00. The number of alkyl halides is 39. The lowest BCUT2D eigenvalue weighted by Gasteiger charge is -2.46. The maximum atomic E-state index is 14.6. The molecule has 386 valence electrons. The summed E-state index contributed by atoms with van der Waals surface area (Å²) in [5.74, 6) is -155. The zero-order chi connectivity index (χ0) is 53.6. The van der Waals surface area contributed by atoms with E-state index in [4.69, 9.17) is 5.11 Å². The van der Waals surface area contributed by atoms with Crippen LogP contribution in [0.4, 0.5) is 171 Å². The Bertz CT molecular complexity index is 1830. The van der Waals surface area contributed by atoms with Gasteiger partial charge < -0.3 is 5.11 Å². The van der Waals surface area contributed by atoms with Crippen LogP contribution in [0.15, 0.2) is 0 Å². The first kappa shape index (κ1) is 61.1. The van der Waals surface area contributed by atoms with E-state index < -0.39 is 134 Å². The lowest BCUT2D eigenvalue weighted by Crippen LogP contribution is -2.79. The lowest BCUT2D eigenvalue weighted by molar-refractivity contribution is -0.483. The van der Waals surface area contributed by atoms with Crippen LogP contribution >= 0.6 is 0 Å². The van der Waals surface area contributed by atoms with E-state index in [1.54, 1.807) is 0 Å². The van der Waals surface area contributed by atoms with Crippen LogP contribution in [0.3, 0.4) is 0 Å². The summed E-state index contributed by atoms with van der Waals surface area (Å²) in [6.07, 6.45) is -16.9.